The highest BCUT2D eigenvalue weighted by atomic mass is 16.5. The predicted octanol–water partition coefficient (Wildman–Crippen LogP) is 2.94. The summed E-state index contributed by atoms with van der Waals surface area (Å²) in [6.45, 7) is 1.98. The summed E-state index contributed by atoms with van der Waals surface area (Å²) in [7, 11) is 3.20. The van der Waals surface area contributed by atoms with Crippen LogP contribution in [-0.2, 0) is 16.0 Å². The lowest BCUT2D eigenvalue weighted by Gasteiger charge is -2.06. The third kappa shape index (κ3) is 5.49. The van der Waals surface area contributed by atoms with Crippen molar-refractivity contribution in [3.05, 3.63) is 65.2 Å². The fourth-order valence-corrected chi connectivity index (χ4v) is 2.31. The Labute approximate surface area is 147 Å². The molecule has 2 aromatic carbocycles. The van der Waals surface area contributed by atoms with Crippen LogP contribution in [0, 0.1) is 6.92 Å². The van der Waals surface area contributed by atoms with E-state index in [-0.39, 0.29) is 11.8 Å². The number of aryl methyl sites for hydroxylation is 1. The predicted molar refractivity (Wildman–Crippen MR) is 99.6 cm³/mol. The summed E-state index contributed by atoms with van der Waals surface area (Å²) in [6.07, 6.45) is 3.51. The van der Waals surface area contributed by atoms with E-state index in [1.807, 2.05) is 37.3 Å². The van der Waals surface area contributed by atoms with Crippen LogP contribution in [-0.4, -0.2) is 26.0 Å². The molecule has 2 rings (SSSR count). The smallest absolute Gasteiger partial charge is 0.248 e. The molecule has 2 N–H and O–H groups in total. The Morgan fingerprint density at radius 3 is 2.48 bits per heavy atom. The Bertz CT molecular complexity index is 780. The molecule has 0 aliphatic rings. The molecule has 0 spiro atoms. The van der Waals surface area contributed by atoms with Gasteiger partial charge >= 0.3 is 0 Å². The molecule has 0 radical (unpaired) electrons. The van der Waals surface area contributed by atoms with Crippen molar-refractivity contribution < 1.29 is 14.3 Å². The highest BCUT2D eigenvalue weighted by Crippen LogP contribution is 2.21. The Morgan fingerprint density at radius 1 is 1.12 bits per heavy atom. The SMILES string of the molecule is CNC(=O)Cc1ccc(NC(=O)/C=C/c2cc(C)ccc2OC)cc1. The molecule has 0 aliphatic heterocycles. The molecule has 0 saturated carbocycles. The van der Waals surface area contributed by atoms with Crippen LogP contribution in [0.25, 0.3) is 6.08 Å². The number of methoxy groups -OCH3 is 1. The van der Waals surface area contributed by atoms with Crippen molar-refractivity contribution in [1.82, 2.24) is 5.32 Å². The first kappa shape index (κ1) is 18.3. The van der Waals surface area contributed by atoms with Gasteiger partial charge in [0, 0.05) is 24.4 Å². The van der Waals surface area contributed by atoms with Gasteiger partial charge in [0.1, 0.15) is 5.75 Å². The summed E-state index contributed by atoms with van der Waals surface area (Å²) >= 11 is 0. The van der Waals surface area contributed by atoms with Crippen LogP contribution in [0.2, 0.25) is 0 Å². The number of hydrogen-bond acceptors (Lipinski definition) is 3. The zero-order chi connectivity index (χ0) is 18.2. The number of nitrogens with one attached hydrogen (secondary N) is 2. The molecule has 0 fully saturated rings. The van der Waals surface area contributed by atoms with Gasteiger partial charge in [-0.2, -0.15) is 0 Å². The molecule has 0 unspecified atom stereocenters. The van der Waals surface area contributed by atoms with E-state index >= 15 is 0 Å². The largest absolute Gasteiger partial charge is 0.496 e. The van der Waals surface area contributed by atoms with E-state index in [1.165, 1.54) is 6.08 Å². The van der Waals surface area contributed by atoms with Crippen LogP contribution in [0.1, 0.15) is 16.7 Å². The number of amides is 2. The standard InChI is InChI=1S/C20H22N2O3/c1-14-4-10-18(25-3)16(12-14)7-11-19(23)22-17-8-5-15(6-9-17)13-20(24)21-2/h4-12H,13H2,1-3H3,(H,21,24)(H,22,23)/b11-7+. The average Bonchev–Trinajstić information content (AvgIpc) is 2.61. The monoisotopic (exact) mass is 338 g/mol. The van der Waals surface area contributed by atoms with E-state index in [1.54, 1.807) is 32.4 Å². The summed E-state index contributed by atoms with van der Waals surface area (Å²) in [6, 6.07) is 13.0. The second-order valence-corrected chi connectivity index (χ2v) is 5.61. The van der Waals surface area contributed by atoms with Gasteiger partial charge in [-0.15, -0.1) is 0 Å². The maximum absolute atomic E-state index is 12.1. The van der Waals surface area contributed by atoms with Crippen molar-refractivity contribution in [2.45, 2.75) is 13.3 Å². The fourth-order valence-electron chi connectivity index (χ4n) is 2.31. The summed E-state index contributed by atoms with van der Waals surface area (Å²) in [5, 5.41) is 5.37. The quantitative estimate of drug-likeness (QED) is 0.796. The molecule has 0 bridgehead atoms. The lowest BCUT2D eigenvalue weighted by Crippen LogP contribution is -2.19. The van der Waals surface area contributed by atoms with Crippen LogP contribution >= 0.6 is 0 Å². The van der Waals surface area contributed by atoms with Crippen LogP contribution < -0.4 is 15.4 Å². The molecule has 0 aliphatic carbocycles. The number of benzene rings is 2. The number of likely N-dealkylation sites (N-methyl/N-ethyl adjacent to an activating group) is 1. The Balaban J connectivity index is 2.00. The maximum Gasteiger partial charge on any atom is 0.248 e. The average molecular weight is 338 g/mol. The Kier molecular flexibility index (Phi) is 6.34. The summed E-state index contributed by atoms with van der Waals surface area (Å²) in [5.74, 6) is 0.433. The van der Waals surface area contributed by atoms with Gasteiger partial charge in [-0.1, -0.05) is 23.8 Å². The number of rotatable bonds is 6. The lowest BCUT2D eigenvalue weighted by molar-refractivity contribution is -0.120. The van der Waals surface area contributed by atoms with Crippen molar-refractivity contribution in [3.8, 4) is 5.75 Å². The van der Waals surface area contributed by atoms with E-state index in [2.05, 4.69) is 10.6 Å². The molecule has 0 aromatic heterocycles. The van der Waals surface area contributed by atoms with Crippen molar-refractivity contribution in [3.63, 3.8) is 0 Å². The van der Waals surface area contributed by atoms with E-state index in [0.717, 1.165) is 16.7 Å². The number of hydrogen-bond donors (Lipinski definition) is 2. The second-order valence-electron chi connectivity index (χ2n) is 5.61. The van der Waals surface area contributed by atoms with Crippen LogP contribution in [0.3, 0.4) is 0 Å². The van der Waals surface area contributed by atoms with Gasteiger partial charge in [-0.05, 0) is 42.8 Å². The van der Waals surface area contributed by atoms with E-state index < -0.39 is 0 Å². The van der Waals surface area contributed by atoms with E-state index in [0.29, 0.717) is 17.9 Å². The molecule has 0 atom stereocenters. The molecule has 5 nitrogen and oxygen atoms in total. The summed E-state index contributed by atoms with van der Waals surface area (Å²) in [5.41, 5.74) is 3.50. The molecule has 130 valence electrons. The molecule has 2 aromatic rings. The minimum atomic E-state index is -0.234. The van der Waals surface area contributed by atoms with Gasteiger partial charge in [-0.3, -0.25) is 9.59 Å². The molecule has 25 heavy (non-hydrogen) atoms. The van der Waals surface area contributed by atoms with Gasteiger partial charge in [0.15, 0.2) is 0 Å². The number of anilines is 1. The fraction of sp³-hybridized carbons (Fsp3) is 0.200. The summed E-state index contributed by atoms with van der Waals surface area (Å²) in [4.78, 5) is 23.4. The lowest BCUT2D eigenvalue weighted by atomic mass is 10.1. The molecule has 2 amide bonds. The number of carbonyl (C=O) groups excluding carboxylic acids is 2. The first-order valence-corrected chi connectivity index (χ1v) is 7.95. The maximum atomic E-state index is 12.1. The van der Waals surface area contributed by atoms with Gasteiger partial charge in [0.2, 0.25) is 11.8 Å². The third-order valence-corrected chi connectivity index (χ3v) is 3.66. The zero-order valence-electron chi connectivity index (χ0n) is 14.6. The highest BCUT2D eigenvalue weighted by Gasteiger charge is 2.03. The summed E-state index contributed by atoms with van der Waals surface area (Å²) < 4.78 is 5.29. The van der Waals surface area contributed by atoms with Crippen molar-refractivity contribution in [1.29, 1.82) is 0 Å². The molecule has 0 heterocycles. The first-order valence-electron chi connectivity index (χ1n) is 7.95. The highest BCUT2D eigenvalue weighted by molar-refractivity contribution is 6.02. The first-order chi connectivity index (χ1) is 12.0. The van der Waals surface area contributed by atoms with Crippen LogP contribution in [0.5, 0.6) is 5.75 Å². The van der Waals surface area contributed by atoms with Gasteiger partial charge < -0.3 is 15.4 Å². The second kappa shape index (κ2) is 8.68. The van der Waals surface area contributed by atoms with E-state index in [9.17, 15) is 9.59 Å². The van der Waals surface area contributed by atoms with Crippen molar-refractivity contribution >= 4 is 23.6 Å². The molecular formula is C20H22N2O3. The van der Waals surface area contributed by atoms with Gasteiger partial charge in [-0.25, -0.2) is 0 Å². The molecule has 0 saturated heterocycles. The van der Waals surface area contributed by atoms with Crippen LogP contribution in [0.4, 0.5) is 5.69 Å². The third-order valence-electron chi connectivity index (χ3n) is 3.66. The number of ether oxygens (including phenoxy) is 1. The molecule has 5 heteroatoms. The normalized spacial score (nSPS) is 10.5. The van der Waals surface area contributed by atoms with Crippen molar-refractivity contribution in [2.24, 2.45) is 0 Å². The Hall–Kier alpha value is -3.08. The van der Waals surface area contributed by atoms with E-state index in [4.69, 9.17) is 4.74 Å². The Morgan fingerprint density at radius 2 is 1.84 bits per heavy atom. The van der Waals surface area contributed by atoms with Crippen molar-refractivity contribution in [2.75, 3.05) is 19.5 Å². The number of carbonyl (C=O) groups is 2. The zero-order valence-corrected chi connectivity index (χ0v) is 14.6. The van der Waals surface area contributed by atoms with Gasteiger partial charge in [0.25, 0.3) is 0 Å². The molecular weight excluding hydrogens is 316 g/mol. The minimum Gasteiger partial charge on any atom is -0.496 e. The topological polar surface area (TPSA) is 67.4 Å². The minimum absolute atomic E-state index is 0.0492. The van der Waals surface area contributed by atoms with Crippen LogP contribution in [0.15, 0.2) is 48.5 Å². The van der Waals surface area contributed by atoms with Gasteiger partial charge in [0.05, 0.1) is 13.5 Å².